The number of nitrogen functional groups attached to an aromatic ring is 1. The van der Waals surface area contributed by atoms with Crippen LogP contribution in [0.4, 0.5) is 10.7 Å². The van der Waals surface area contributed by atoms with Gasteiger partial charge in [0.1, 0.15) is 4.88 Å². The van der Waals surface area contributed by atoms with Crippen molar-refractivity contribution < 1.29 is 4.79 Å². The smallest absolute Gasteiger partial charge is 0.263 e. The van der Waals surface area contributed by atoms with Crippen molar-refractivity contribution in [2.24, 2.45) is 0 Å². The lowest BCUT2D eigenvalue weighted by atomic mass is 10.3. The van der Waals surface area contributed by atoms with E-state index in [1.165, 1.54) is 11.3 Å². The highest BCUT2D eigenvalue weighted by molar-refractivity contribution is 7.18. The Balaban J connectivity index is 2.68. The largest absolute Gasteiger partial charge is 0.397 e. The van der Waals surface area contributed by atoms with Crippen molar-refractivity contribution in [3.63, 3.8) is 0 Å². The zero-order chi connectivity index (χ0) is 12.0. The van der Waals surface area contributed by atoms with Crippen LogP contribution >= 0.6 is 11.3 Å². The van der Waals surface area contributed by atoms with Crippen LogP contribution in [-0.4, -0.2) is 19.0 Å². The molecule has 1 aromatic heterocycles. The second kappa shape index (κ2) is 6.17. The van der Waals surface area contributed by atoms with Crippen molar-refractivity contribution in [1.82, 2.24) is 5.32 Å². The van der Waals surface area contributed by atoms with Crippen molar-refractivity contribution in [3.05, 3.63) is 23.6 Å². The molecule has 1 heterocycles. The zero-order valence-electron chi connectivity index (χ0n) is 9.38. The van der Waals surface area contributed by atoms with E-state index < -0.39 is 0 Å². The predicted molar refractivity (Wildman–Crippen MR) is 70.0 cm³/mol. The number of carbonyl (C=O) groups excluding carboxylic acids is 1. The molecule has 0 fully saturated rings. The highest BCUT2D eigenvalue weighted by Crippen LogP contribution is 2.28. The van der Waals surface area contributed by atoms with E-state index in [1.807, 2.05) is 0 Å². The Labute approximate surface area is 99.5 Å². The maximum atomic E-state index is 11.7. The van der Waals surface area contributed by atoms with E-state index in [0.29, 0.717) is 17.1 Å². The fraction of sp³-hybridized carbons (Fsp3) is 0.364. The number of anilines is 2. The van der Waals surface area contributed by atoms with Crippen molar-refractivity contribution >= 4 is 27.9 Å². The minimum Gasteiger partial charge on any atom is -0.397 e. The molecule has 0 saturated carbocycles. The summed E-state index contributed by atoms with van der Waals surface area (Å²) in [6, 6.07) is 1.79. The van der Waals surface area contributed by atoms with E-state index in [4.69, 9.17) is 5.73 Å². The standard InChI is InChI=1S/C11H17N3OS/c1-3-5-13-9-7-8(12)10(16-9)11(15)14-6-4-2/h4,7,13H,2-3,5-6,12H2,1H3,(H,14,15). The minimum atomic E-state index is -0.146. The highest BCUT2D eigenvalue weighted by Gasteiger charge is 2.13. The lowest BCUT2D eigenvalue weighted by molar-refractivity contribution is 0.0963. The number of hydrogen-bond acceptors (Lipinski definition) is 4. The fourth-order valence-electron chi connectivity index (χ4n) is 1.16. The summed E-state index contributed by atoms with van der Waals surface area (Å²) in [5, 5.41) is 6.84. The SMILES string of the molecule is C=CCNC(=O)c1sc(NCCC)cc1N. The molecule has 0 aliphatic rings. The van der Waals surface area contributed by atoms with Crippen molar-refractivity contribution in [1.29, 1.82) is 0 Å². The summed E-state index contributed by atoms with van der Waals surface area (Å²) >= 11 is 1.38. The number of carbonyl (C=O) groups is 1. The van der Waals surface area contributed by atoms with E-state index >= 15 is 0 Å². The van der Waals surface area contributed by atoms with Crippen LogP contribution in [0.5, 0.6) is 0 Å². The van der Waals surface area contributed by atoms with Gasteiger partial charge in [-0.25, -0.2) is 0 Å². The molecule has 88 valence electrons. The maximum absolute atomic E-state index is 11.7. The number of nitrogens with two attached hydrogens (primary N) is 1. The third-order valence-corrected chi connectivity index (χ3v) is 3.03. The van der Waals surface area contributed by atoms with Crippen LogP contribution in [0.15, 0.2) is 18.7 Å². The Bertz CT molecular complexity index is 373. The summed E-state index contributed by atoms with van der Waals surface area (Å²) in [6.07, 6.45) is 2.67. The topological polar surface area (TPSA) is 67.2 Å². The lowest BCUT2D eigenvalue weighted by Gasteiger charge is -2.00. The molecule has 0 aliphatic heterocycles. The van der Waals surface area contributed by atoms with Crippen molar-refractivity contribution in [2.45, 2.75) is 13.3 Å². The van der Waals surface area contributed by atoms with Crippen LogP contribution in [0.1, 0.15) is 23.0 Å². The number of rotatable bonds is 6. The first-order valence-electron chi connectivity index (χ1n) is 5.21. The van der Waals surface area contributed by atoms with Gasteiger partial charge in [0.2, 0.25) is 0 Å². The predicted octanol–water partition coefficient (Wildman–Crippen LogP) is 2.07. The van der Waals surface area contributed by atoms with Crippen LogP contribution < -0.4 is 16.4 Å². The molecule has 0 atom stereocenters. The fourth-order valence-corrected chi connectivity index (χ4v) is 2.08. The maximum Gasteiger partial charge on any atom is 0.263 e. The minimum absolute atomic E-state index is 0.146. The van der Waals surface area contributed by atoms with Crippen LogP contribution in [0.3, 0.4) is 0 Å². The highest BCUT2D eigenvalue weighted by atomic mass is 32.1. The average Bonchev–Trinajstić information content (AvgIpc) is 2.64. The van der Waals surface area contributed by atoms with E-state index in [1.54, 1.807) is 12.1 Å². The zero-order valence-corrected chi connectivity index (χ0v) is 10.2. The van der Waals surface area contributed by atoms with Gasteiger partial charge in [-0.2, -0.15) is 0 Å². The Kier molecular flexibility index (Phi) is 4.85. The molecule has 16 heavy (non-hydrogen) atoms. The van der Waals surface area contributed by atoms with Crippen LogP contribution in [0, 0.1) is 0 Å². The van der Waals surface area contributed by atoms with Crippen LogP contribution in [0.25, 0.3) is 0 Å². The first-order chi connectivity index (χ1) is 7.69. The van der Waals surface area contributed by atoms with Gasteiger partial charge in [-0.3, -0.25) is 4.79 Å². The van der Waals surface area contributed by atoms with Gasteiger partial charge in [-0.1, -0.05) is 13.0 Å². The number of hydrogen-bond donors (Lipinski definition) is 3. The molecule has 0 radical (unpaired) electrons. The monoisotopic (exact) mass is 239 g/mol. The van der Waals surface area contributed by atoms with Crippen LogP contribution in [-0.2, 0) is 0 Å². The van der Waals surface area contributed by atoms with Gasteiger partial charge in [0.05, 0.1) is 10.7 Å². The molecule has 5 heteroatoms. The Morgan fingerprint density at radius 3 is 3.06 bits per heavy atom. The van der Waals surface area contributed by atoms with Gasteiger partial charge < -0.3 is 16.4 Å². The molecular formula is C11H17N3OS. The molecule has 0 spiro atoms. The summed E-state index contributed by atoms with van der Waals surface area (Å²) in [6.45, 7) is 6.96. The molecule has 1 amide bonds. The first-order valence-corrected chi connectivity index (χ1v) is 6.03. The molecule has 4 N–H and O–H groups in total. The molecule has 0 saturated heterocycles. The van der Waals surface area contributed by atoms with Gasteiger partial charge >= 0.3 is 0 Å². The van der Waals surface area contributed by atoms with Gasteiger partial charge in [0, 0.05) is 13.1 Å². The second-order valence-electron chi connectivity index (χ2n) is 3.32. The summed E-state index contributed by atoms with van der Waals surface area (Å²) in [5.41, 5.74) is 6.29. The molecule has 4 nitrogen and oxygen atoms in total. The Morgan fingerprint density at radius 1 is 1.69 bits per heavy atom. The second-order valence-corrected chi connectivity index (χ2v) is 4.37. The van der Waals surface area contributed by atoms with Gasteiger partial charge in [0.25, 0.3) is 5.91 Å². The number of nitrogens with one attached hydrogen (secondary N) is 2. The van der Waals surface area contributed by atoms with E-state index in [2.05, 4.69) is 24.1 Å². The lowest BCUT2D eigenvalue weighted by Crippen LogP contribution is -2.22. The summed E-state index contributed by atoms with van der Waals surface area (Å²) in [4.78, 5) is 12.2. The van der Waals surface area contributed by atoms with Gasteiger partial charge in [-0.05, 0) is 12.5 Å². The molecule has 0 aliphatic carbocycles. The third kappa shape index (κ3) is 3.27. The Hall–Kier alpha value is -1.49. The summed E-state index contributed by atoms with van der Waals surface area (Å²) in [5.74, 6) is -0.146. The summed E-state index contributed by atoms with van der Waals surface area (Å²) < 4.78 is 0. The van der Waals surface area contributed by atoms with Crippen molar-refractivity contribution in [2.75, 3.05) is 24.1 Å². The quantitative estimate of drug-likeness (QED) is 0.666. The number of thiophene rings is 1. The van der Waals surface area contributed by atoms with Gasteiger partial charge in [-0.15, -0.1) is 17.9 Å². The molecule has 1 rings (SSSR count). The summed E-state index contributed by atoms with van der Waals surface area (Å²) in [7, 11) is 0. The number of amides is 1. The molecule has 0 unspecified atom stereocenters. The first kappa shape index (κ1) is 12.6. The van der Waals surface area contributed by atoms with Crippen LogP contribution in [0.2, 0.25) is 0 Å². The van der Waals surface area contributed by atoms with E-state index in [9.17, 15) is 4.79 Å². The molecule has 0 aromatic carbocycles. The van der Waals surface area contributed by atoms with Crippen molar-refractivity contribution in [3.8, 4) is 0 Å². The average molecular weight is 239 g/mol. The van der Waals surface area contributed by atoms with E-state index in [-0.39, 0.29) is 5.91 Å². The van der Waals surface area contributed by atoms with Gasteiger partial charge in [0.15, 0.2) is 0 Å². The Morgan fingerprint density at radius 2 is 2.44 bits per heavy atom. The third-order valence-electron chi connectivity index (χ3n) is 1.92. The molecular weight excluding hydrogens is 222 g/mol. The molecule has 1 aromatic rings. The van der Waals surface area contributed by atoms with E-state index in [0.717, 1.165) is 18.0 Å². The molecule has 0 bridgehead atoms. The normalized spacial score (nSPS) is 9.81.